The highest BCUT2D eigenvalue weighted by Gasteiger charge is 2.03. The molecule has 0 spiro atoms. The molecule has 1 rings (SSSR count). The summed E-state index contributed by atoms with van der Waals surface area (Å²) in [5.74, 6) is 0.779. The van der Waals surface area contributed by atoms with Crippen molar-refractivity contribution in [2.75, 3.05) is 6.61 Å². The molecule has 0 heterocycles. The summed E-state index contributed by atoms with van der Waals surface area (Å²) in [6.45, 7) is 6.12. The van der Waals surface area contributed by atoms with E-state index in [1.165, 1.54) is 56.9 Å². The Morgan fingerprint density at radius 1 is 0.913 bits per heavy atom. The van der Waals surface area contributed by atoms with Crippen molar-refractivity contribution in [3.05, 3.63) is 48.0 Å². The number of hydrogen-bond acceptors (Lipinski definition) is 1. The molecule has 0 aliphatic carbocycles. The van der Waals surface area contributed by atoms with Gasteiger partial charge in [0.2, 0.25) is 0 Å². The van der Waals surface area contributed by atoms with E-state index in [0.29, 0.717) is 0 Å². The molecule has 1 aromatic rings. The molecule has 1 atom stereocenters. The Morgan fingerprint density at radius 2 is 1.65 bits per heavy atom. The van der Waals surface area contributed by atoms with Crippen LogP contribution in [0.2, 0.25) is 0 Å². The first-order chi connectivity index (χ1) is 11.4. The lowest BCUT2D eigenvalue weighted by Crippen LogP contribution is -1.98. The highest BCUT2D eigenvalue weighted by Crippen LogP contribution is 2.19. The Labute approximate surface area is 144 Å². The standard InChI is InChI=1S/C22H36O/c1-3-5-7-9-15-21(14-6-4-2)16-12-13-19-23-20-22-17-10-8-11-18-22/h8,10-12,16-18,21H,3-7,9,13-15,19-20H2,1-2H3. The molecule has 0 aliphatic rings. The molecule has 0 amide bonds. The second-order valence-corrected chi connectivity index (χ2v) is 6.51. The topological polar surface area (TPSA) is 9.23 Å². The highest BCUT2D eigenvalue weighted by atomic mass is 16.5. The lowest BCUT2D eigenvalue weighted by molar-refractivity contribution is 0.125. The number of unbranched alkanes of at least 4 members (excludes halogenated alkanes) is 4. The molecule has 1 unspecified atom stereocenters. The molecule has 0 saturated heterocycles. The van der Waals surface area contributed by atoms with Gasteiger partial charge in [-0.3, -0.25) is 0 Å². The van der Waals surface area contributed by atoms with Crippen molar-refractivity contribution in [3.63, 3.8) is 0 Å². The van der Waals surface area contributed by atoms with E-state index >= 15 is 0 Å². The molecule has 23 heavy (non-hydrogen) atoms. The fraction of sp³-hybridized carbons (Fsp3) is 0.636. The van der Waals surface area contributed by atoms with Gasteiger partial charge in [-0.2, -0.15) is 0 Å². The van der Waals surface area contributed by atoms with E-state index in [9.17, 15) is 0 Å². The van der Waals surface area contributed by atoms with Crippen LogP contribution in [0.3, 0.4) is 0 Å². The summed E-state index contributed by atoms with van der Waals surface area (Å²) >= 11 is 0. The number of allylic oxidation sites excluding steroid dienone is 1. The average molecular weight is 317 g/mol. The summed E-state index contributed by atoms with van der Waals surface area (Å²) in [4.78, 5) is 0. The molecule has 0 fully saturated rings. The van der Waals surface area contributed by atoms with Gasteiger partial charge in [-0.1, -0.05) is 94.9 Å². The van der Waals surface area contributed by atoms with Crippen molar-refractivity contribution >= 4 is 0 Å². The van der Waals surface area contributed by atoms with Gasteiger partial charge in [0.25, 0.3) is 0 Å². The van der Waals surface area contributed by atoms with Crippen LogP contribution < -0.4 is 0 Å². The first-order valence-corrected chi connectivity index (χ1v) is 9.65. The van der Waals surface area contributed by atoms with Gasteiger partial charge in [0, 0.05) is 0 Å². The zero-order valence-corrected chi connectivity index (χ0v) is 15.3. The van der Waals surface area contributed by atoms with Gasteiger partial charge >= 0.3 is 0 Å². The quantitative estimate of drug-likeness (QED) is 0.267. The number of rotatable bonds is 14. The summed E-state index contributed by atoms with van der Waals surface area (Å²) in [5.41, 5.74) is 1.26. The summed E-state index contributed by atoms with van der Waals surface area (Å²) in [5, 5.41) is 0. The van der Waals surface area contributed by atoms with Crippen LogP contribution >= 0.6 is 0 Å². The lowest BCUT2D eigenvalue weighted by Gasteiger charge is -2.12. The molecule has 1 aromatic carbocycles. The van der Waals surface area contributed by atoms with Gasteiger partial charge in [-0.15, -0.1) is 0 Å². The first-order valence-electron chi connectivity index (χ1n) is 9.65. The van der Waals surface area contributed by atoms with Crippen molar-refractivity contribution in [2.45, 2.75) is 78.2 Å². The average Bonchev–Trinajstić information content (AvgIpc) is 2.59. The maximum atomic E-state index is 5.74. The number of ether oxygens (including phenoxy) is 1. The minimum absolute atomic E-state index is 0.727. The monoisotopic (exact) mass is 316 g/mol. The van der Waals surface area contributed by atoms with Crippen LogP contribution in [0.1, 0.15) is 77.2 Å². The maximum Gasteiger partial charge on any atom is 0.0717 e. The summed E-state index contributed by atoms with van der Waals surface area (Å²) in [6.07, 6.45) is 16.7. The van der Waals surface area contributed by atoms with Crippen LogP contribution in [0.4, 0.5) is 0 Å². The van der Waals surface area contributed by atoms with Gasteiger partial charge in [0.05, 0.1) is 13.2 Å². The predicted octanol–water partition coefficient (Wildman–Crippen LogP) is 6.93. The smallest absolute Gasteiger partial charge is 0.0717 e. The lowest BCUT2D eigenvalue weighted by atomic mass is 9.94. The Morgan fingerprint density at radius 3 is 2.39 bits per heavy atom. The Bertz CT molecular complexity index is 382. The Kier molecular flexibility index (Phi) is 12.6. The number of hydrogen-bond donors (Lipinski definition) is 0. The molecule has 0 aromatic heterocycles. The van der Waals surface area contributed by atoms with E-state index in [-0.39, 0.29) is 0 Å². The van der Waals surface area contributed by atoms with Crippen LogP contribution in [0.25, 0.3) is 0 Å². The van der Waals surface area contributed by atoms with Gasteiger partial charge in [-0.25, -0.2) is 0 Å². The van der Waals surface area contributed by atoms with Crippen molar-refractivity contribution in [3.8, 4) is 0 Å². The SMILES string of the molecule is CCCCCCC(C=CCCOCc1ccccc1)CCCC. The van der Waals surface area contributed by atoms with Gasteiger partial charge in [0.1, 0.15) is 0 Å². The molecule has 0 saturated carbocycles. The van der Waals surface area contributed by atoms with Crippen molar-refractivity contribution in [1.82, 2.24) is 0 Å². The molecular weight excluding hydrogens is 280 g/mol. The molecule has 0 radical (unpaired) electrons. The Hall–Kier alpha value is -1.08. The van der Waals surface area contributed by atoms with E-state index in [1.54, 1.807) is 0 Å². The van der Waals surface area contributed by atoms with Crippen molar-refractivity contribution in [2.24, 2.45) is 5.92 Å². The van der Waals surface area contributed by atoms with E-state index in [4.69, 9.17) is 4.74 Å². The van der Waals surface area contributed by atoms with Crippen LogP contribution in [0.5, 0.6) is 0 Å². The highest BCUT2D eigenvalue weighted by molar-refractivity contribution is 5.13. The molecule has 1 heteroatoms. The third-order valence-electron chi connectivity index (χ3n) is 4.31. The largest absolute Gasteiger partial charge is 0.376 e. The van der Waals surface area contributed by atoms with Crippen LogP contribution in [-0.2, 0) is 11.3 Å². The van der Waals surface area contributed by atoms with Gasteiger partial charge in [-0.05, 0) is 30.7 Å². The third kappa shape index (κ3) is 11.1. The third-order valence-corrected chi connectivity index (χ3v) is 4.31. The zero-order valence-electron chi connectivity index (χ0n) is 15.3. The second kappa shape index (κ2) is 14.5. The van der Waals surface area contributed by atoms with Crippen molar-refractivity contribution < 1.29 is 4.74 Å². The van der Waals surface area contributed by atoms with Gasteiger partial charge in [0.15, 0.2) is 0 Å². The van der Waals surface area contributed by atoms with Crippen LogP contribution in [-0.4, -0.2) is 6.61 Å². The fourth-order valence-corrected chi connectivity index (χ4v) is 2.84. The normalized spacial score (nSPS) is 12.8. The maximum absolute atomic E-state index is 5.74. The van der Waals surface area contributed by atoms with Crippen molar-refractivity contribution in [1.29, 1.82) is 0 Å². The molecule has 1 nitrogen and oxygen atoms in total. The van der Waals surface area contributed by atoms with E-state index in [2.05, 4.69) is 50.3 Å². The first kappa shape index (κ1) is 20.0. The fourth-order valence-electron chi connectivity index (χ4n) is 2.84. The molecule has 0 N–H and O–H groups in total. The molecule has 0 aliphatic heterocycles. The van der Waals surface area contributed by atoms with Gasteiger partial charge < -0.3 is 4.74 Å². The zero-order chi connectivity index (χ0) is 16.6. The molecule has 130 valence electrons. The van der Waals surface area contributed by atoms with Crippen LogP contribution in [0, 0.1) is 5.92 Å². The summed E-state index contributed by atoms with van der Waals surface area (Å²) in [7, 11) is 0. The molecule has 0 bridgehead atoms. The van der Waals surface area contributed by atoms with E-state index in [0.717, 1.165) is 25.6 Å². The minimum atomic E-state index is 0.727. The number of benzene rings is 1. The summed E-state index contributed by atoms with van der Waals surface area (Å²) in [6, 6.07) is 10.4. The Balaban J connectivity index is 2.16. The molecular formula is C22H36O. The summed E-state index contributed by atoms with van der Waals surface area (Å²) < 4.78 is 5.74. The van der Waals surface area contributed by atoms with E-state index < -0.39 is 0 Å². The van der Waals surface area contributed by atoms with E-state index in [1.807, 2.05) is 6.07 Å². The second-order valence-electron chi connectivity index (χ2n) is 6.51. The minimum Gasteiger partial charge on any atom is -0.376 e. The van der Waals surface area contributed by atoms with Crippen LogP contribution in [0.15, 0.2) is 42.5 Å². The predicted molar refractivity (Wildman–Crippen MR) is 102 cm³/mol.